The topological polar surface area (TPSA) is 86.1 Å². The smallest absolute Gasteiger partial charge is 0.337 e. The van der Waals surface area contributed by atoms with Gasteiger partial charge in [0.25, 0.3) is 0 Å². The highest BCUT2D eigenvalue weighted by Crippen LogP contribution is 2.23. The van der Waals surface area contributed by atoms with E-state index in [4.69, 9.17) is 11.6 Å². The van der Waals surface area contributed by atoms with E-state index >= 15 is 0 Å². The van der Waals surface area contributed by atoms with Gasteiger partial charge in [0.1, 0.15) is 5.82 Å². The predicted octanol–water partition coefficient (Wildman–Crippen LogP) is 4.90. The number of carbonyl (C=O) groups excluding carboxylic acids is 2. The molecule has 10 heteroatoms. The average molecular weight is 491 g/mol. The lowest BCUT2D eigenvalue weighted by molar-refractivity contribution is -0.113. The molecule has 1 heterocycles. The SMILES string of the molecule is CCn1c(CSCc2ccc(Cl)cc2)nnc1SCC(=O)Nc1ccc(C(=O)OC)cc1. The van der Waals surface area contributed by atoms with Crippen LogP contribution in [0.25, 0.3) is 0 Å². The molecule has 3 rings (SSSR count). The van der Waals surface area contributed by atoms with Crippen molar-refractivity contribution in [1.29, 1.82) is 0 Å². The Kier molecular flexibility index (Phi) is 9.01. The summed E-state index contributed by atoms with van der Waals surface area (Å²) in [6.07, 6.45) is 0. The first-order valence-corrected chi connectivity index (χ1v) is 12.4. The van der Waals surface area contributed by atoms with Crippen molar-refractivity contribution in [2.45, 2.75) is 30.1 Å². The Morgan fingerprint density at radius 3 is 2.44 bits per heavy atom. The van der Waals surface area contributed by atoms with E-state index in [2.05, 4.69) is 20.3 Å². The van der Waals surface area contributed by atoms with Gasteiger partial charge in [-0.15, -0.1) is 22.0 Å². The van der Waals surface area contributed by atoms with Gasteiger partial charge in [0.05, 0.1) is 24.2 Å². The van der Waals surface area contributed by atoms with Crippen molar-refractivity contribution in [2.75, 3.05) is 18.2 Å². The van der Waals surface area contributed by atoms with E-state index in [1.54, 1.807) is 36.0 Å². The number of benzene rings is 2. The highest BCUT2D eigenvalue weighted by atomic mass is 35.5. The molecule has 0 spiro atoms. The van der Waals surface area contributed by atoms with E-state index in [1.165, 1.54) is 24.4 Å². The monoisotopic (exact) mass is 490 g/mol. The predicted molar refractivity (Wildman–Crippen MR) is 129 cm³/mol. The Bertz CT molecular complexity index is 1060. The molecule has 0 fully saturated rings. The van der Waals surface area contributed by atoms with Gasteiger partial charge in [-0.2, -0.15) is 0 Å². The van der Waals surface area contributed by atoms with E-state index in [0.717, 1.165) is 28.9 Å². The van der Waals surface area contributed by atoms with Crippen LogP contribution in [0, 0.1) is 0 Å². The fourth-order valence-electron chi connectivity index (χ4n) is 2.83. The van der Waals surface area contributed by atoms with Crippen LogP contribution in [0.5, 0.6) is 0 Å². The Morgan fingerprint density at radius 2 is 1.78 bits per heavy atom. The summed E-state index contributed by atoms with van der Waals surface area (Å²) in [4.78, 5) is 23.8. The first-order chi connectivity index (χ1) is 15.5. The fraction of sp³-hybridized carbons (Fsp3) is 0.273. The third-order valence-corrected chi connectivity index (χ3v) is 6.66. The second-order valence-corrected chi connectivity index (χ2v) is 9.03. The molecule has 0 atom stereocenters. The molecule has 32 heavy (non-hydrogen) atoms. The number of hydrogen-bond donors (Lipinski definition) is 1. The normalized spacial score (nSPS) is 10.7. The molecule has 7 nitrogen and oxygen atoms in total. The zero-order valence-electron chi connectivity index (χ0n) is 17.7. The Balaban J connectivity index is 1.50. The molecule has 1 N–H and O–H groups in total. The highest BCUT2D eigenvalue weighted by molar-refractivity contribution is 7.99. The number of ether oxygens (including phenoxy) is 1. The van der Waals surface area contributed by atoms with E-state index in [9.17, 15) is 9.59 Å². The zero-order valence-corrected chi connectivity index (χ0v) is 20.1. The van der Waals surface area contributed by atoms with Gasteiger partial charge >= 0.3 is 5.97 Å². The average Bonchev–Trinajstić information content (AvgIpc) is 3.20. The Hall–Kier alpha value is -2.49. The lowest BCUT2D eigenvalue weighted by Crippen LogP contribution is -2.15. The number of esters is 1. The third-order valence-electron chi connectivity index (χ3n) is 4.44. The van der Waals surface area contributed by atoms with Crippen LogP contribution in [0.3, 0.4) is 0 Å². The summed E-state index contributed by atoms with van der Waals surface area (Å²) in [7, 11) is 1.33. The van der Waals surface area contributed by atoms with E-state index in [0.29, 0.717) is 16.4 Å². The molecule has 0 saturated heterocycles. The molecule has 0 saturated carbocycles. The standard InChI is InChI=1S/C22H23ClN4O3S2/c1-3-27-19(13-31-12-15-4-8-17(23)9-5-15)25-26-22(27)32-14-20(28)24-18-10-6-16(7-11-18)21(29)30-2/h4-11H,3,12-14H2,1-2H3,(H,24,28). The summed E-state index contributed by atoms with van der Waals surface area (Å²) >= 11 is 9.02. The van der Waals surface area contributed by atoms with Crippen LogP contribution in [0.4, 0.5) is 5.69 Å². The quantitative estimate of drug-likeness (QED) is 0.319. The van der Waals surface area contributed by atoms with Gasteiger partial charge in [0.2, 0.25) is 5.91 Å². The largest absolute Gasteiger partial charge is 0.465 e. The van der Waals surface area contributed by atoms with Crippen molar-refractivity contribution in [3.63, 3.8) is 0 Å². The van der Waals surface area contributed by atoms with Crippen LogP contribution in [0.1, 0.15) is 28.7 Å². The summed E-state index contributed by atoms with van der Waals surface area (Å²) in [5.74, 6) is 2.09. The number of halogens is 1. The van der Waals surface area contributed by atoms with E-state index in [1.807, 2.05) is 35.8 Å². The van der Waals surface area contributed by atoms with Crippen LogP contribution in [-0.4, -0.2) is 39.5 Å². The molecule has 1 amide bonds. The van der Waals surface area contributed by atoms with Gasteiger partial charge in [0, 0.05) is 23.0 Å². The molecule has 0 aliphatic heterocycles. The summed E-state index contributed by atoms with van der Waals surface area (Å²) in [5, 5.41) is 12.8. The zero-order chi connectivity index (χ0) is 22.9. The van der Waals surface area contributed by atoms with Crippen molar-refractivity contribution >= 4 is 52.7 Å². The highest BCUT2D eigenvalue weighted by Gasteiger charge is 2.14. The summed E-state index contributed by atoms with van der Waals surface area (Å²) in [6, 6.07) is 14.4. The van der Waals surface area contributed by atoms with Crippen LogP contribution < -0.4 is 5.32 Å². The van der Waals surface area contributed by atoms with Gasteiger partial charge in [-0.1, -0.05) is 35.5 Å². The first-order valence-electron chi connectivity index (χ1n) is 9.85. The number of methoxy groups -OCH3 is 1. The minimum atomic E-state index is -0.417. The van der Waals surface area contributed by atoms with Crippen molar-refractivity contribution < 1.29 is 14.3 Å². The van der Waals surface area contributed by atoms with Crippen LogP contribution in [0.15, 0.2) is 53.7 Å². The molecule has 2 aromatic carbocycles. The summed E-state index contributed by atoms with van der Waals surface area (Å²) < 4.78 is 6.69. The molecule has 0 unspecified atom stereocenters. The minimum absolute atomic E-state index is 0.162. The molecular weight excluding hydrogens is 468 g/mol. The second-order valence-electron chi connectivity index (χ2n) is 6.67. The lowest BCUT2D eigenvalue weighted by atomic mass is 10.2. The number of carbonyl (C=O) groups is 2. The molecule has 1 aromatic heterocycles. The Labute approximate surface area is 200 Å². The fourth-order valence-corrected chi connectivity index (χ4v) is 4.70. The second kappa shape index (κ2) is 11.9. The van der Waals surface area contributed by atoms with Crippen LogP contribution in [-0.2, 0) is 27.6 Å². The molecule has 0 bridgehead atoms. The first kappa shape index (κ1) is 24.2. The number of thioether (sulfide) groups is 2. The van der Waals surface area contributed by atoms with Gasteiger partial charge in [-0.05, 0) is 48.9 Å². The Morgan fingerprint density at radius 1 is 1.06 bits per heavy atom. The molecule has 0 aliphatic rings. The lowest BCUT2D eigenvalue weighted by Gasteiger charge is -2.08. The maximum atomic E-state index is 12.3. The van der Waals surface area contributed by atoms with Crippen molar-refractivity contribution in [2.24, 2.45) is 0 Å². The van der Waals surface area contributed by atoms with Crippen molar-refractivity contribution in [3.05, 3.63) is 70.5 Å². The van der Waals surface area contributed by atoms with Gasteiger partial charge < -0.3 is 14.6 Å². The van der Waals surface area contributed by atoms with Gasteiger partial charge in [-0.25, -0.2) is 4.79 Å². The van der Waals surface area contributed by atoms with Gasteiger partial charge in [0.15, 0.2) is 5.16 Å². The molecule has 3 aromatic rings. The summed E-state index contributed by atoms with van der Waals surface area (Å²) in [6.45, 7) is 2.76. The molecule has 168 valence electrons. The van der Waals surface area contributed by atoms with E-state index < -0.39 is 5.97 Å². The number of anilines is 1. The number of aromatic nitrogens is 3. The molecule has 0 aliphatic carbocycles. The van der Waals surface area contributed by atoms with Crippen LogP contribution in [0.2, 0.25) is 5.02 Å². The number of nitrogens with one attached hydrogen (secondary N) is 1. The molecule has 0 radical (unpaired) electrons. The maximum Gasteiger partial charge on any atom is 0.337 e. The van der Waals surface area contributed by atoms with Gasteiger partial charge in [-0.3, -0.25) is 4.79 Å². The number of rotatable bonds is 10. The third kappa shape index (κ3) is 6.75. The van der Waals surface area contributed by atoms with Crippen LogP contribution >= 0.6 is 35.1 Å². The number of amides is 1. The van der Waals surface area contributed by atoms with Crippen molar-refractivity contribution in [3.8, 4) is 0 Å². The van der Waals surface area contributed by atoms with E-state index in [-0.39, 0.29) is 11.7 Å². The number of hydrogen-bond acceptors (Lipinski definition) is 7. The summed E-state index contributed by atoms with van der Waals surface area (Å²) in [5.41, 5.74) is 2.24. The molecular formula is C22H23ClN4O3S2. The van der Waals surface area contributed by atoms with Crippen molar-refractivity contribution in [1.82, 2.24) is 14.8 Å². The minimum Gasteiger partial charge on any atom is -0.465 e. The maximum absolute atomic E-state index is 12.3. The number of nitrogens with zero attached hydrogens (tertiary/aromatic N) is 3.